The number of nitrogens with one attached hydrogen (secondary N) is 1. The molecule has 0 unspecified atom stereocenters. The van der Waals surface area contributed by atoms with E-state index < -0.39 is 16.1 Å². The summed E-state index contributed by atoms with van der Waals surface area (Å²) in [6.45, 7) is 3.26. The number of fused-ring (bicyclic) bond motifs is 4. The Balaban J connectivity index is 1.53. The van der Waals surface area contributed by atoms with Gasteiger partial charge in [0.05, 0.1) is 4.90 Å². The van der Waals surface area contributed by atoms with Crippen LogP contribution in [0, 0.1) is 12.8 Å². The fourth-order valence-electron chi connectivity index (χ4n) is 4.02. The zero-order valence-electron chi connectivity index (χ0n) is 15.0. The molecular formula is C19H21N3O4S. The molecule has 2 aromatic rings. The first kappa shape index (κ1) is 17.8. The van der Waals surface area contributed by atoms with Crippen LogP contribution in [0.1, 0.15) is 23.6 Å². The minimum atomic E-state index is -3.91. The Morgan fingerprint density at radius 3 is 2.56 bits per heavy atom. The van der Waals surface area contributed by atoms with Gasteiger partial charge in [-0.3, -0.25) is 4.79 Å². The molecule has 142 valence electrons. The van der Waals surface area contributed by atoms with E-state index in [4.69, 9.17) is 0 Å². The van der Waals surface area contributed by atoms with E-state index in [0.29, 0.717) is 19.6 Å². The first-order valence-electron chi connectivity index (χ1n) is 8.91. The van der Waals surface area contributed by atoms with Crippen LogP contribution in [0.25, 0.3) is 0 Å². The van der Waals surface area contributed by atoms with Crippen LogP contribution in [0.3, 0.4) is 0 Å². The Labute approximate surface area is 157 Å². The van der Waals surface area contributed by atoms with Crippen LogP contribution in [0.4, 0.5) is 4.79 Å². The van der Waals surface area contributed by atoms with E-state index in [1.54, 1.807) is 33.7 Å². The first-order valence-corrected chi connectivity index (χ1v) is 10.4. The summed E-state index contributed by atoms with van der Waals surface area (Å²) in [5.41, 5.74) is 1.83. The number of aryl methyl sites for hydroxylation is 1. The van der Waals surface area contributed by atoms with E-state index in [-0.39, 0.29) is 22.3 Å². The molecule has 27 heavy (non-hydrogen) atoms. The molecule has 1 saturated heterocycles. The minimum Gasteiger partial charge on any atom is -0.323 e. The van der Waals surface area contributed by atoms with Gasteiger partial charge in [-0.25, -0.2) is 17.9 Å². The van der Waals surface area contributed by atoms with Gasteiger partial charge in [0.15, 0.2) is 0 Å². The number of rotatable bonds is 2. The van der Waals surface area contributed by atoms with Gasteiger partial charge in [0.1, 0.15) is 0 Å². The molecule has 2 atom stereocenters. The number of hydrogen-bond acceptors (Lipinski definition) is 4. The first-order chi connectivity index (χ1) is 12.8. The average molecular weight is 387 g/mol. The Hall–Kier alpha value is -2.61. The number of piperidine rings is 1. The highest BCUT2D eigenvalue weighted by molar-refractivity contribution is 7.90. The summed E-state index contributed by atoms with van der Waals surface area (Å²) in [4.78, 5) is 26.3. The van der Waals surface area contributed by atoms with Crippen molar-refractivity contribution in [1.29, 1.82) is 0 Å². The van der Waals surface area contributed by atoms with Gasteiger partial charge in [-0.15, -0.1) is 0 Å². The van der Waals surface area contributed by atoms with Crippen molar-refractivity contribution in [2.45, 2.75) is 30.7 Å². The quantitative estimate of drug-likeness (QED) is 0.849. The van der Waals surface area contributed by atoms with Gasteiger partial charge >= 0.3 is 6.03 Å². The van der Waals surface area contributed by atoms with E-state index in [2.05, 4.69) is 4.72 Å². The Bertz CT molecular complexity index is 1040. The van der Waals surface area contributed by atoms with Gasteiger partial charge < -0.3 is 9.47 Å². The van der Waals surface area contributed by atoms with Crippen molar-refractivity contribution in [3.63, 3.8) is 0 Å². The number of benzene rings is 1. The number of sulfonamides is 1. The van der Waals surface area contributed by atoms with Crippen molar-refractivity contribution in [1.82, 2.24) is 14.2 Å². The van der Waals surface area contributed by atoms with Crippen LogP contribution < -0.4 is 10.3 Å². The summed E-state index contributed by atoms with van der Waals surface area (Å²) < 4.78 is 28.9. The number of nitrogens with zero attached hydrogens (tertiary/aromatic N) is 2. The number of aromatic nitrogens is 1. The van der Waals surface area contributed by atoms with E-state index in [1.807, 2.05) is 13.0 Å². The maximum Gasteiger partial charge on any atom is 0.331 e. The molecule has 1 aromatic carbocycles. The Morgan fingerprint density at radius 1 is 1.07 bits per heavy atom. The van der Waals surface area contributed by atoms with Crippen molar-refractivity contribution < 1.29 is 13.2 Å². The molecule has 1 fully saturated rings. The summed E-state index contributed by atoms with van der Waals surface area (Å²) in [6.07, 6.45) is 0.901. The molecule has 4 rings (SSSR count). The lowest BCUT2D eigenvalue weighted by Crippen LogP contribution is -2.52. The normalized spacial score (nSPS) is 21.4. The van der Waals surface area contributed by atoms with Gasteiger partial charge in [0, 0.05) is 37.3 Å². The third-order valence-electron chi connectivity index (χ3n) is 5.32. The molecule has 0 radical (unpaired) electrons. The fourth-order valence-corrected chi connectivity index (χ4v) is 4.99. The molecular weight excluding hydrogens is 366 g/mol. The van der Waals surface area contributed by atoms with Gasteiger partial charge in [0.25, 0.3) is 15.6 Å². The monoisotopic (exact) mass is 387 g/mol. The highest BCUT2D eigenvalue weighted by atomic mass is 32.2. The lowest BCUT2D eigenvalue weighted by atomic mass is 9.83. The topological polar surface area (TPSA) is 88.5 Å². The lowest BCUT2D eigenvalue weighted by Gasteiger charge is -2.42. The molecule has 2 amide bonds. The molecule has 2 bridgehead atoms. The van der Waals surface area contributed by atoms with Crippen molar-refractivity contribution in [2.75, 3.05) is 13.1 Å². The predicted octanol–water partition coefficient (Wildman–Crippen LogP) is 1.67. The SMILES string of the molecule is Cc1ccc(S(=O)(=O)NC(=O)N2C[C@@H]3C[C@@H](C2)c2cccc(=O)n2C3)cc1. The van der Waals surface area contributed by atoms with Crippen LogP contribution in [0.15, 0.2) is 52.2 Å². The largest absolute Gasteiger partial charge is 0.331 e. The summed E-state index contributed by atoms with van der Waals surface area (Å²) in [7, 11) is -3.91. The van der Waals surface area contributed by atoms with Crippen molar-refractivity contribution in [2.24, 2.45) is 5.92 Å². The van der Waals surface area contributed by atoms with Crippen molar-refractivity contribution >= 4 is 16.1 Å². The summed E-state index contributed by atoms with van der Waals surface area (Å²) in [6, 6.07) is 10.9. The standard InChI is InChI=1S/C19H21N3O4S/c1-13-5-7-16(8-6-13)27(25,26)20-19(24)21-10-14-9-15(12-21)17-3-2-4-18(23)22(17)11-14/h2-8,14-15H,9-12H2,1H3,(H,20,24)/t14-,15-/m0/s1. The van der Waals surface area contributed by atoms with E-state index in [1.165, 1.54) is 12.1 Å². The number of carbonyl (C=O) groups is 1. The molecule has 7 nitrogen and oxygen atoms in total. The van der Waals surface area contributed by atoms with Crippen LogP contribution >= 0.6 is 0 Å². The number of urea groups is 1. The molecule has 1 N–H and O–H groups in total. The van der Waals surface area contributed by atoms with Crippen molar-refractivity contribution in [3.8, 4) is 0 Å². The number of carbonyl (C=O) groups excluding carboxylic acids is 1. The summed E-state index contributed by atoms with van der Waals surface area (Å²) in [5, 5.41) is 0. The molecule has 3 heterocycles. The molecule has 8 heteroatoms. The van der Waals surface area contributed by atoms with Gasteiger partial charge in [-0.2, -0.15) is 0 Å². The summed E-state index contributed by atoms with van der Waals surface area (Å²) in [5.74, 6) is 0.184. The zero-order chi connectivity index (χ0) is 19.2. The molecule has 0 aliphatic carbocycles. The molecule has 1 aromatic heterocycles. The third-order valence-corrected chi connectivity index (χ3v) is 6.66. The van der Waals surface area contributed by atoms with Crippen LogP contribution in [-0.2, 0) is 16.6 Å². The van der Waals surface area contributed by atoms with Gasteiger partial charge in [-0.05, 0) is 37.5 Å². The van der Waals surface area contributed by atoms with Gasteiger partial charge in [0.2, 0.25) is 0 Å². The zero-order valence-corrected chi connectivity index (χ0v) is 15.8. The third kappa shape index (κ3) is 3.37. The average Bonchev–Trinajstić information content (AvgIpc) is 2.62. The Kier molecular flexibility index (Phi) is 4.30. The molecule has 2 aliphatic heterocycles. The highest BCUT2D eigenvalue weighted by Gasteiger charge is 2.37. The number of likely N-dealkylation sites (tertiary alicyclic amines) is 1. The van der Waals surface area contributed by atoms with E-state index >= 15 is 0 Å². The van der Waals surface area contributed by atoms with E-state index in [0.717, 1.165) is 17.7 Å². The fraction of sp³-hybridized carbons (Fsp3) is 0.368. The Morgan fingerprint density at radius 2 is 1.81 bits per heavy atom. The highest BCUT2D eigenvalue weighted by Crippen LogP contribution is 2.34. The second kappa shape index (κ2) is 6.53. The van der Waals surface area contributed by atoms with Gasteiger partial charge in [-0.1, -0.05) is 23.8 Å². The van der Waals surface area contributed by atoms with Crippen LogP contribution in [-0.4, -0.2) is 37.0 Å². The predicted molar refractivity (Wildman–Crippen MR) is 100 cm³/mol. The number of hydrogen-bond donors (Lipinski definition) is 1. The van der Waals surface area contributed by atoms with E-state index in [9.17, 15) is 18.0 Å². The van der Waals surface area contributed by atoms with Crippen LogP contribution in [0.2, 0.25) is 0 Å². The maximum absolute atomic E-state index is 12.6. The number of pyridine rings is 1. The minimum absolute atomic E-state index is 0.0259. The smallest absolute Gasteiger partial charge is 0.323 e. The molecule has 0 spiro atoms. The maximum atomic E-state index is 12.6. The number of amides is 2. The second-order valence-electron chi connectivity index (χ2n) is 7.33. The van der Waals surface area contributed by atoms with Crippen LogP contribution in [0.5, 0.6) is 0 Å². The molecule has 0 saturated carbocycles. The molecule has 2 aliphatic rings. The summed E-state index contributed by atoms with van der Waals surface area (Å²) >= 11 is 0. The lowest BCUT2D eigenvalue weighted by molar-refractivity contribution is 0.134. The van der Waals surface area contributed by atoms with Crippen molar-refractivity contribution in [3.05, 3.63) is 64.1 Å². The second-order valence-corrected chi connectivity index (χ2v) is 9.01.